The summed E-state index contributed by atoms with van der Waals surface area (Å²) in [4.78, 5) is 12.1. The van der Waals surface area contributed by atoms with Crippen LogP contribution in [0.4, 0.5) is 0 Å². The van der Waals surface area contributed by atoms with Gasteiger partial charge in [0.2, 0.25) is 0 Å². The Labute approximate surface area is 105 Å². The first-order valence-corrected chi connectivity index (χ1v) is 6.58. The highest BCUT2D eigenvalue weighted by atomic mass is 32.2. The number of hydrogen-bond donors (Lipinski definition) is 1. The molecule has 1 N–H and O–H groups in total. The lowest BCUT2D eigenvalue weighted by Gasteiger charge is -2.16. The third kappa shape index (κ3) is 2.64. The number of aromatic carboxylic acids is 1. The Hall–Kier alpha value is -1.00. The van der Waals surface area contributed by atoms with E-state index in [0.717, 1.165) is 23.5 Å². The Bertz CT molecular complexity index is 431. The van der Waals surface area contributed by atoms with Gasteiger partial charge in [-0.1, -0.05) is 12.1 Å². The van der Waals surface area contributed by atoms with Gasteiger partial charge in [-0.05, 0) is 31.9 Å². The van der Waals surface area contributed by atoms with Crippen molar-refractivity contribution in [2.75, 3.05) is 6.61 Å². The minimum absolute atomic E-state index is 0.196. The van der Waals surface area contributed by atoms with Crippen molar-refractivity contribution >= 4 is 17.7 Å². The lowest BCUT2D eigenvalue weighted by atomic mass is 10.1. The molecule has 1 aliphatic heterocycles. The second-order valence-corrected chi connectivity index (χ2v) is 5.53. The molecule has 0 radical (unpaired) electrons. The molecule has 0 saturated carbocycles. The molecule has 17 heavy (non-hydrogen) atoms. The number of benzene rings is 1. The molecule has 2 rings (SSSR count). The van der Waals surface area contributed by atoms with Crippen LogP contribution in [-0.2, 0) is 4.74 Å². The average molecular weight is 252 g/mol. The van der Waals surface area contributed by atoms with E-state index in [2.05, 4.69) is 0 Å². The second kappa shape index (κ2) is 5.10. The zero-order valence-electron chi connectivity index (χ0n) is 9.97. The number of carboxylic acid groups (broad SMARTS) is 1. The Kier molecular flexibility index (Phi) is 3.74. The molecular formula is C13H16O3S. The molecule has 92 valence electrons. The third-order valence-electron chi connectivity index (χ3n) is 3.02. The number of hydrogen-bond acceptors (Lipinski definition) is 3. The van der Waals surface area contributed by atoms with E-state index in [1.165, 1.54) is 0 Å². The number of carboxylic acids is 1. The van der Waals surface area contributed by atoms with E-state index in [-0.39, 0.29) is 6.10 Å². The first-order chi connectivity index (χ1) is 8.09. The average Bonchev–Trinajstić information content (AvgIpc) is 2.67. The van der Waals surface area contributed by atoms with Crippen molar-refractivity contribution < 1.29 is 14.6 Å². The molecule has 3 nitrogen and oxygen atoms in total. The lowest BCUT2D eigenvalue weighted by Crippen LogP contribution is -2.14. The Morgan fingerprint density at radius 1 is 1.53 bits per heavy atom. The molecule has 0 bridgehead atoms. The molecule has 4 heteroatoms. The van der Waals surface area contributed by atoms with Crippen LogP contribution in [0.2, 0.25) is 0 Å². The summed E-state index contributed by atoms with van der Waals surface area (Å²) in [6.07, 6.45) is 1.18. The van der Waals surface area contributed by atoms with Gasteiger partial charge in [0.05, 0.1) is 11.7 Å². The van der Waals surface area contributed by atoms with Gasteiger partial charge in [0.1, 0.15) is 0 Å². The van der Waals surface area contributed by atoms with Crippen molar-refractivity contribution in [2.24, 2.45) is 0 Å². The van der Waals surface area contributed by atoms with Gasteiger partial charge in [-0.15, -0.1) is 11.8 Å². The number of ether oxygens (including phenoxy) is 1. The third-order valence-corrected chi connectivity index (χ3v) is 4.72. The van der Waals surface area contributed by atoms with E-state index in [0.29, 0.717) is 10.8 Å². The molecule has 2 atom stereocenters. The molecule has 1 saturated heterocycles. The maximum atomic E-state index is 11.2. The van der Waals surface area contributed by atoms with Gasteiger partial charge >= 0.3 is 5.97 Å². The van der Waals surface area contributed by atoms with Crippen LogP contribution in [0, 0.1) is 6.92 Å². The zero-order valence-corrected chi connectivity index (χ0v) is 10.8. The molecule has 1 aliphatic rings. The molecule has 1 aromatic rings. The molecule has 1 fully saturated rings. The largest absolute Gasteiger partial charge is 0.478 e. The molecule has 1 aromatic carbocycles. The maximum absolute atomic E-state index is 11.2. The fraction of sp³-hybridized carbons (Fsp3) is 0.462. The highest BCUT2D eigenvalue weighted by Crippen LogP contribution is 2.36. The Balaban J connectivity index is 2.27. The lowest BCUT2D eigenvalue weighted by molar-refractivity contribution is 0.0693. The van der Waals surface area contributed by atoms with E-state index in [1.54, 1.807) is 23.9 Å². The quantitative estimate of drug-likeness (QED) is 0.898. The van der Waals surface area contributed by atoms with Crippen molar-refractivity contribution in [3.63, 3.8) is 0 Å². The summed E-state index contributed by atoms with van der Waals surface area (Å²) in [5.41, 5.74) is 1.42. The van der Waals surface area contributed by atoms with Gasteiger partial charge < -0.3 is 9.84 Å². The van der Waals surface area contributed by atoms with Crippen molar-refractivity contribution in [1.82, 2.24) is 0 Å². The smallest absolute Gasteiger partial charge is 0.336 e. The minimum atomic E-state index is -0.859. The summed E-state index contributed by atoms with van der Waals surface area (Å²) in [5.74, 6) is -0.859. The van der Waals surface area contributed by atoms with Crippen LogP contribution in [0.3, 0.4) is 0 Å². The fourth-order valence-electron chi connectivity index (χ4n) is 2.00. The van der Waals surface area contributed by atoms with Gasteiger partial charge in [-0.25, -0.2) is 4.79 Å². The minimum Gasteiger partial charge on any atom is -0.478 e. The van der Waals surface area contributed by atoms with Gasteiger partial charge in [0.15, 0.2) is 0 Å². The first kappa shape index (κ1) is 12.5. The van der Waals surface area contributed by atoms with E-state index >= 15 is 0 Å². The van der Waals surface area contributed by atoms with Gasteiger partial charge in [0.25, 0.3) is 0 Å². The van der Waals surface area contributed by atoms with Crippen molar-refractivity contribution in [3.8, 4) is 0 Å². The molecule has 1 heterocycles. The van der Waals surface area contributed by atoms with Crippen LogP contribution < -0.4 is 0 Å². The molecular weight excluding hydrogens is 236 g/mol. The monoisotopic (exact) mass is 252 g/mol. The van der Waals surface area contributed by atoms with Crippen LogP contribution in [0.25, 0.3) is 0 Å². The van der Waals surface area contributed by atoms with E-state index in [1.807, 2.05) is 19.9 Å². The maximum Gasteiger partial charge on any atom is 0.336 e. The second-order valence-electron chi connectivity index (χ2n) is 4.28. The summed E-state index contributed by atoms with van der Waals surface area (Å²) in [5, 5.41) is 9.54. The van der Waals surface area contributed by atoms with Crippen molar-refractivity contribution in [3.05, 3.63) is 29.3 Å². The summed E-state index contributed by atoms with van der Waals surface area (Å²) in [7, 11) is 0. The van der Waals surface area contributed by atoms with Crippen LogP contribution in [0.1, 0.15) is 29.3 Å². The predicted octanol–water partition coefficient (Wildman–Crippen LogP) is 2.96. The molecule has 0 spiro atoms. The van der Waals surface area contributed by atoms with Gasteiger partial charge in [-0.2, -0.15) is 0 Å². The van der Waals surface area contributed by atoms with Crippen LogP contribution in [-0.4, -0.2) is 29.0 Å². The first-order valence-electron chi connectivity index (χ1n) is 5.70. The molecule has 0 amide bonds. The molecule has 2 unspecified atom stereocenters. The number of aryl methyl sites for hydroxylation is 1. The van der Waals surface area contributed by atoms with Crippen molar-refractivity contribution in [2.45, 2.75) is 36.5 Å². The van der Waals surface area contributed by atoms with Crippen LogP contribution in [0.5, 0.6) is 0 Å². The van der Waals surface area contributed by atoms with E-state index < -0.39 is 5.97 Å². The standard InChI is InChI=1S/C13H16O3S/c1-8-4-3-5-10(13(14)15)12(8)17-11-6-7-16-9(11)2/h3-5,9,11H,6-7H2,1-2H3,(H,14,15). The SMILES string of the molecule is Cc1cccc(C(=O)O)c1SC1CCOC1C. The van der Waals surface area contributed by atoms with Crippen molar-refractivity contribution in [1.29, 1.82) is 0 Å². The normalized spacial score (nSPS) is 23.9. The van der Waals surface area contributed by atoms with Gasteiger partial charge in [-0.3, -0.25) is 0 Å². The summed E-state index contributed by atoms with van der Waals surface area (Å²) in [6, 6.07) is 5.41. The fourth-order valence-corrected chi connectivity index (χ4v) is 3.32. The predicted molar refractivity (Wildman–Crippen MR) is 67.8 cm³/mol. The topological polar surface area (TPSA) is 46.5 Å². The summed E-state index contributed by atoms with van der Waals surface area (Å²) >= 11 is 1.64. The molecule has 0 aromatic heterocycles. The number of thioether (sulfide) groups is 1. The molecule has 0 aliphatic carbocycles. The van der Waals surface area contributed by atoms with Crippen LogP contribution >= 0.6 is 11.8 Å². The number of rotatable bonds is 3. The zero-order chi connectivity index (χ0) is 12.4. The Morgan fingerprint density at radius 2 is 2.29 bits per heavy atom. The van der Waals surface area contributed by atoms with Crippen LogP contribution in [0.15, 0.2) is 23.1 Å². The number of carbonyl (C=O) groups is 1. The Morgan fingerprint density at radius 3 is 2.88 bits per heavy atom. The van der Waals surface area contributed by atoms with Gasteiger partial charge in [0, 0.05) is 16.8 Å². The highest BCUT2D eigenvalue weighted by Gasteiger charge is 2.27. The summed E-state index contributed by atoms with van der Waals surface area (Å²) in [6.45, 7) is 4.77. The highest BCUT2D eigenvalue weighted by molar-refractivity contribution is 8.00. The van der Waals surface area contributed by atoms with E-state index in [4.69, 9.17) is 4.74 Å². The summed E-state index contributed by atoms with van der Waals surface area (Å²) < 4.78 is 5.51. The van der Waals surface area contributed by atoms with E-state index in [9.17, 15) is 9.90 Å².